The molecule has 0 spiro atoms. The minimum atomic E-state index is -0.971. The van der Waals surface area contributed by atoms with Gasteiger partial charge in [-0.3, -0.25) is 4.79 Å². The monoisotopic (exact) mass is 242 g/mol. The van der Waals surface area contributed by atoms with Crippen molar-refractivity contribution in [3.63, 3.8) is 0 Å². The van der Waals surface area contributed by atoms with Gasteiger partial charge in [0.15, 0.2) is 0 Å². The second-order valence-electron chi connectivity index (χ2n) is 3.94. The number of carboxylic acid groups (broad SMARTS) is 1. The third-order valence-corrected chi connectivity index (χ3v) is 3.14. The maximum absolute atomic E-state index is 11.2. The van der Waals surface area contributed by atoms with Gasteiger partial charge in [-0.25, -0.2) is 0 Å². The summed E-state index contributed by atoms with van der Waals surface area (Å²) in [6.45, 7) is 3.28. The van der Waals surface area contributed by atoms with Crippen molar-refractivity contribution >= 4 is 17.6 Å². The Bertz CT molecular complexity index is 376. The van der Waals surface area contributed by atoms with E-state index in [4.69, 9.17) is 11.6 Å². The first kappa shape index (κ1) is 13.0. The SMILES string of the molecule is CC(O)C(C)C(C(=O)O)c1ccccc1Cl. The molecule has 1 rings (SSSR count). The van der Waals surface area contributed by atoms with Crippen molar-refractivity contribution in [1.82, 2.24) is 0 Å². The van der Waals surface area contributed by atoms with Gasteiger partial charge in [0.2, 0.25) is 0 Å². The first-order valence-corrected chi connectivity index (χ1v) is 5.48. The van der Waals surface area contributed by atoms with Gasteiger partial charge >= 0.3 is 5.97 Å². The Labute approximate surface area is 99.7 Å². The molecule has 16 heavy (non-hydrogen) atoms. The third-order valence-electron chi connectivity index (χ3n) is 2.79. The van der Waals surface area contributed by atoms with E-state index >= 15 is 0 Å². The molecule has 0 radical (unpaired) electrons. The lowest BCUT2D eigenvalue weighted by Crippen LogP contribution is -2.27. The van der Waals surface area contributed by atoms with Crippen LogP contribution in [-0.2, 0) is 4.79 Å². The summed E-state index contributed by atoms with van der Waals surface area (Å²) in [6, 6.07) is 6.82. The van der Waals surface area contributed by atoms with Crippen LogP contribution in [0.1, 0.15) is 25.3 Å². The van der Waals surface area contributed by atoms with Crippen LogP contribution in [0.5, 0.6) is 0 Å². The summed E-state index contributed by atoms with van der Waals surface area (Å²) >= 11 is 5.97. The van der Waals surface area contributed by atoms with E-state index in [-0.39, 0.29) is 0 Å². The van der Waals surface area contributed by atoms with Gasteiger partial charge in [-0.05, 0) is 24.5 Å². The zero-order valence-electron chi connectivity index (χ0n) is 9.22. The first-order valence-electron chi connectivity index (χ1n) is 5.10. The number of halogens is 1. The fourth-order valence-electron chi connectivity index (χ4n) is 1.65. The summed E-state index contributed by atoms with van der Waals surface area (Å²) in [5.41, 5.74) is 0.546. The predicted octanol–water partition coefficient (Wildman–Crippen LogP) is 2.53. The number of hydrogen-bond acceptors (Lipinski definition) is 2. The fourth-order valence-corrected chi connectivity index (χ4v) is 1.90. The molecule has 0 amide bonds. The van der Waals surface area contributed by atoms with Crippen molar-refractivity contribution in [2.24, 2.45) is 5.92 Å². The van der Waals surface area contributed by atoms with Crippen LogP contribution in [0, 0.1) is 5.92 Å². The summed E-state index contributed by atoms with van der Waals surface area (Å²) in [6.07, 6.45) is -0.697. The Morgan fingerprint density at radius 3 is 2.31 bits per heavy atom. The molecule has 0 heterocycles. The average Bonchev–Trinajstić information content (AvgIpc) is 2.20. The fraction of sp³-hybridized carbons (Fsp3) is 0.417. The number of aliphatic hydroxyl groups is 1. The lowest BCUT2D eigenvalue weighted by atomic mass is 9.84. The second-order valence-corrected chi connectivity index (χ2v) is 4.34. The molecule has 0 aromatic heterocycles. The van der Waals surface area contributed by atoms with E-state index in [0.717, 1.165) is 0 Å². The number of carboxylic acids is 1. The highest BCUT2D eigenvalue weighted by atomic mass is 35.5. The topological polar surface area (TPSA) is 57.5 Å². The first-order chi connectivity index (χ1) is 7.45. The zero-order valence-corrected chi connectivity index (χ0v) is 9.98. The Morgan fingerprint density at radius 1 is 1.31 bits per heavy atom. The summed E-state index contributed by atoms with van der Waals surface area (Å²) in [4.78, 5) is 11.2. The molecule has 0 aliphatic carbocycles. The molecule has 88 valence electrons. The van der Waals surface area contributed by atoms with Crippen LogP contribution in [0.3, 0.4) is 0 Å². The summed E-state index contributed by atoms with van der Waals surface area (Å²) in [5, 5.41) is 19.1. The lowest BCUT2D eigenvalue weighted by Gasteiger charge is -2.23. The molecule has 3 nitrogen and oxygen atoms in total. The number of aliphatic hydroxyl groups excluding tert-OH is 1. The molecule has 0 aliphatic rings. The van der Waals surface area contributed by atoms with Crippen LogP contribution in [0.15, 0.2) is 24.3 Å². The van der Waals surface area contributed by atoms with E-state index in [1.54, 1.807) is 38.1 Å². The van der Waals surface area contributed by atoms with Crippen molar-refractivity contribution in [3.05, 3.63) is 34.9 Å². The van der Waals surface area contributed by atoms with Crippen molar-refractivity contribution in [1.29, 1.82) is 0 Å². The van der Waals surface area contributed by atoms with Gasteiger partial charge in [0, 0.05) is 5.02 Å². The van der Waals surface area contributed by atoms with E-state index in [0.29, 0.717) is 10.6 Å². The van der Waals surface area contributed by atoms with E-state index in [9.17, 15) is 15.0 Å². The number of aliphatic carboxylic acids is 1. The highest BCUT2D eigenvalue weighted by Gasteiger charge is 2.30. The standard InChI is InChI=1S/C12H15ClO3/c1-7(8(2)14)11(12(15)16)9-5-3-4-6-10(9)13/h3-8,11,14H,1-2H3,(H,15,16). The van der Waals surface area contributed by atoms with Crippen molar-refractivity contribution < 1.29 is 15.0 Å². The maximum atomic E-state index is 11.2. The summed E-state index contributed by atoms with van der Waals surface area (Å²) in [7, 11) is 0. The van der Waals surface area contributed by atoms with Crippen molar-refractivity contribution in [3.8, 4) is 0 Å². The smallest absolute Gasteiger partial charge is 0.311 e. The molecule has 0 fully saturated rings. The molecule has 1 aromatic carbocycles. The number of benzene rings is 1. The van der Waals surface area contributed by atoms with Gasteiger partial charge in [-0.2, -0.15) is 0 Å². The molecule has 0 saturated heterocycles. The average molecular weight is 243 g/mol. The largest absolute Gasteiger partial charge is 0.481 e. The minimum absolute atomic E-state index is 0.391. The van der Waals surface area contributed by atoms with E-state index < -0.39 is 23.9 Å². The van der Waals surface area contributed by atoms with E-state index in [2.05, 4.69) is 0 Å². The highest BCUT2D eigenvalue weighted by Crippen LogP contribution is 2.32. The molecule has 3 atom stereocenters. The molecular weight excluding hydrogens is 228 g/mol. The Morgan fingerprint density at radius 2 is 1.88 bits per heavy atom. The predicted molar refractivity (Wildman–Crippen MR) is 62.7 cm³/mol. The van der Waals surface area contributed by atoms with Crippen LogP contribution in [-0.4, -0.2) is 22.3 Å². The van der Waals surface area contributed by atoms with Crippen LogP contribution in [0.25, 0.3) is 0 Å². The summed E-state index contributed by atoms with van der Waals surface area (Å²) in [5.74, 6) is -2.15. The lowest BCUT2D eigenvalue weighted by molar-refractivity contribution is -0.141. The van der Waals surface area contributed by atoms with Gasteiger partial charge < -0.3 is 10.2 Å². The number of hydrogen-bond donors (Lipinski definition) is 2. The van der Waals surface area contributed by atoms with Gasteiger partial charge in [-0.15, -0.1) is 0 Å². The molecule has 2 N–H and O–H groups in total. The maximum Gasteiger partial charge on any atom is 0.311 e. The second kappa shape index (κ2) is 5.32. The number of rotatable bonds is 4. The Kier molecular flexibility index (Phi) is 4.33. The van der Waals surface area contributed by atoms with Gasteiger partial charge in [-0.1, -0.05) is 36.7 Å². The zero-order chi connectivity index (χ0) is 12.3. The molecule has 3 unspecified atom stereocenters. The molecule has 0 bridgehead atoms. The molecule has 0 saturated carbocycles. The molecular formula is C12H15ClO3. The normalized spacial score (nSPS) is 16.5. The van der Waals surface area contributed by atoms with Crippen LogP contribution >= 0.6 is 11.6 Å². The molecule has 4 heteroatoms. The van der Waals surface area contributed by atoms with Gasteiger partial charge in [0.05, 0.1) is 12.0 Å². The van der Waals surface area contributed by atoms with Crippen molar-refractivity contribution in [2.75, 3.05) is 0 Å². The number of carbonyl (C=O) groups is 1. The van der Waals surface area contributed by atoms with Gasteiger partial charge in [0.1, 0.15) is 0 Å². The summed E-state index contributed by atoms with van der Waals surface area (Å²) < 4.78 is 0. The van der Waals surface area contributed by atoms with E-state index in [1.165, 1.54) is 0 Å². The van der Waals surface area contributed by atoms with Crippen molar-refractivity contribution in [2.45, 2.75) is 25.9 Å². The quantitative estimate of drug-likeness (QED) is 0.853. The Hall–Kier alpha value is -1.06. The Balaban J connectivity index is 3.13. The van der Waals surface area contributed by atoms with Crippen LogP contribution in [0.2, 0.25) is 5.02 Å². The van der Waals surface area contributed by atoms with E-state index in [1.807, 2.05) is 0 Å². The van der Waals surface area contributed by atoms with Crippen LogP contribution in [0.4, 0.5) is 0 Å². The molecule has 0 aliphatic heterocycles. The molecule has 1 aromatic rings. The minimum Gasteiger partial charge on any atom is -0.481 e. The highest BCUT2D eigenvalue weighted by molar-refractivity contribution is 6.31. The third kappa shape index (κ3) is 2.74. The van der Waals surface area contributed by atoms with Gasteiger partial charge in [0.25, 0.3) is 0 Å². The van der Waals surface area contributed by atoms with Crippen LogP contribution < -0.4 is 0 Å².